The summed E-state index contributed by atoms with van der Waals surface area (Å²) in [5, 5.41) is 0. The van der Waals surface area contributed by atoms with E-state index in [0.717, 1.165) is 29.8 Å². The second kappa shape index (κ2) is 5.95. The summed E-state index contributed by atoms with van der Waals surface area (Å²) in [4.78, 5) is 12.3. The van der Waals surface area contributed by atoms with Crippen LogP contribution in [0.2, 0.25) is 0 Å². The molecule has 0 aliphatic carbocycles. The number of aromatic nitrogens is 3. The van der Waals surface area contributed by atoms with Gasteiger partial charge in [-0.2, -0.15) is 4.98 Å². The summed E-state index contributed by atoms with van der Waals surface area (Å²) in [5.74, 6) is 1.59. The number of ether oxygens (including phenoxy) is 1. The van der Waals surface area contributed by atoms with E-state index in [2.05, 4.69) is 46.1 Å². The normalized spacial score (nSPS) is 11.0. The number of nitrogens with one attached hydrogen (secondary N) is 1. The minimum absolute atomic E-state index is 0.614. The van der Waals surface area contributed by atoms with E-state index in [1.165, 1.54) is 11.1 Å². The van der Waals surface area contributed by atoms with Gasteiger partial charge in [-0.25, -0.2) is 4.98 Å². The van der Waals surface area contributed by atoms with Crippen molar-refractivity contribution < 1.29 is 4.74 Å². The third-order valence-corrected chi connectivity index (χ3v) is 3.39. The first-order valence-corrected chi connectivity index (χ1v) is 7.28. The van der Waals surface area contributed by atoms with Crippen LogP contribution in [0.3, 0.4) is 0 Å². The molecule has 3 rings (SSSR count). The molecule has 0 bridgehead atoms. The zero-order chi connectivity index (χ0) is 14.7. The lowest BCUT2D eigenvalue weighted by Gasteiger charge is -2.00. The Labute approximate surface area is 124 Å². The van der Waals surface area contributed by atoms with Gasteiger partial charge in [-0.1, -0.05) is 29.8 Å². The SMILES string of the molecule is CCOc1ccc2[nH]c(CCc3cccc(C)c3)nc2n1. The number of hydrogen-bond acceptors (Lipinski definition) is 3. The molecule has 0 fully saturated rings. The summed E-state index contributed by atoms with van der Waals surface area (Å²) >= 11 is 0. The number of aryl methyl sites for hydroxylation is 3. The highest BCUT2D eigenvalue weighted by Crippen LogP contribution is 2.16. The van der Waals surface area contributed by atoms with E-state index < -0.39 is 0 Å². The fraction of sp³-hybridized carbons (Fsp3) is 0.294. The topological polar surface area (TPSA) is 50.8 Å². The molecular weight excluding hydrogens is 262 g/mol. The number of aromatic amines is 1. The Morgan fingerprint density at radius 3 is 2.81 bits per heavy atom. The first kappa shape index (κ1) is 13.6. The molecule has 2 aromatic heterocycles. The van der Waals surface area contributed by atoms with E-state index >= 15 is 0 Å². The quantitative estimate of drug-likeness (QED) is 0.779. The molecule has 0 unspecified atom stereocenters. The van der Waals surface area contributed by atoms with Gasteiger partial charge in [0.2, 0.25) is 5.88 Å². The Bertz CT molecular complexity index is 749. The van der Waals surface area contributed by atoms with E-state index in [9.17, 15) is 0 Å². The van der Waals surface area contributed by atoms with Gasteiger partial charge in [0.1, 0.15) is 5.82 Å². The van der Waals surface area contributed by atoms with Crippen LogP contribution >= 0.6 is 0 Å². The summed E-state index contributed by atoms with van der Waals surface area (Å²) < 4.78 is 5.40. The first-order chi connectivity index (χ1) is 10.2. The fourth-order valence-electron chi connectivity index (χ4n) is 2.40. The molecule has 0 aliphatic rings. The minimum atomic E-state index is 0.614. The van der Waals surface area contributed by atoms with Crippen LogP contribution in [0, 0.1) is 6.92 Å². The second-order valence-corrected chi connectivity index (χ2v) is 5.13. The van der Waals surface area contributed by atoms with Crippen LogP contribution in [0.5, 0.6) is 5.88 Å². The van der Waals surface area contributed by atoms with Crippen LogP contribution in [0.15, 0.2) is 36.4 Å². The van der Waals surface area contributed by atoms with Crippen LogP contribution < -0.4 is 4.74 Å². The van der Waals surface area contributed by atoms with Crippen molar-refractivity contribution in [3.05, 3.63) is 53.3 Å². The number of rotatable bonds is 5. The van der Waals surface area contributed by atoms with E-state index in [1.807, 2.05) is 19.1 Å². The zero-order valence-corrected chi connectivity index (χ0v) is 12.4. The molecule has 0 radical (unpaired) electrons. The number of benzene rings is 1. The third kappa shape index (κ3) is 3.21. The molecule has 0 saturated heterocycles. The molecule has 0 aliphatic heterocycles. The monoisotopic (exact) mass is 281 g/mol. The third-order valence-electron chi connectivity index (χ3n) is 3.39. The Morgan fingerprint density at radius 2 is 2.00 bits per heavy atom. The maximum Gasteiger partial charge on any atom is 0.215 e. The average Bonchev–Trinajstić information content (AvgIpc) is 2.88. The molecule has 4 heteroatoms. The molecule has 108 valence electrons. The number of pyridine rings is 1. The van der Waals surface area contributed by atoms with Gasteiger partial charge >= 0.3 is 0 Å². The molecule has 0 spiro atoms. The summed E-state index contributed by atoms with van der Waals surface area (Å²) in [7, 11) is 0. The second-order valence-electron chi connectivity index (χ2n) is 5.13. The molecule has 0 atom stereocenters. The highest BCUT2D eigenvalue weighted by Gasteiger charge is 2.06. The summed E-state index contributed by atoms with van der Waals surface area (Å²) in [6.07, 6.45) is 1.85. The van der Waals surface area contributed by atoms with Crippen molar-refractivity contribution >= 4 is 11.2 Å². The fourth-order valence-corrected chi connectivity index (χ4v) is 2.40. The van der Waals surface area contributed by atoms with Crippen LogP contribution in [-0.4, -0.2) is 21.6 Å². The smallest absolute Gasteiger partial charge is 0.215 e. The van der Waals surface area contributed by atoms with E-state index in [4.69, 9.17) is 4.74 Å². The largest absolute Gasteiger partial charge is 0.478 e. The maximum atomic E-state index is 5.40. The maximum absolute atomic E-state index is 5.40. The number of H-pyrrole nitrogens is 1. The highest BCUT2D eigenvalue weighted by molar-refractivity contribution is 5.71. The van der Waals surface area contributed by atoms with Gasteiger partial charge in [0.05, 0.1) is 12.1 Å². The Balaban J connectivity index is 1.75. The van der Waals surface area contributed by atoms with Crippen LogP contribution in [-0.2, 0) is 12.8 Å². The minimum Gasteiger partial charge on any atom is -0.478 e. The van der Waals surface area contributed by atoms with Gasteiger partial charge in [0.25, 0.3) is 0 Å². The molecule has 4 nitrogen and oxygen atoms in total. The summed E-state index contributed by atoms with van der Waals surface area (Å²) in [6, 6.07) is 12.4. The molecule has 2 heterocycles. The van der Waals surface area contributed by atoms with E-state index in [-0.39, 0.29) is 0 Å². The standard InChI is InChI=1S/C17H19N3O/c1-3-21-16-10-8-14-17(20-16)19-15(18-14)9-7-13-6-4-5-12(2)11-13/h4-6,8,10-11H,3,7,9H2,1-2H3,(H,18,19,20). The Morgan fingerprint density at radius 1 is 1.10 bits per heavy atom. The van der Waals surface area contributed by atoms with Crippen molar-refractivity contribution in [1.29, 1.82) is 0 Å². The molecule has 0 saturated carbocycles. The van der Waals surface area contributed by atoms with Crippen molar-refractivity contribution in [2.24, 2.45) is 0 Å². The lowest BCUT2D eigenvalue weighted by molar-refractivity contribution is 0.328. The van der Waals surface area contributed by atoms with E-state index in [1.54, 1.807) is 0 Å². The van der Waals surface area contributed by atoms with Crippen molar-refractivity contribution in [2.75, 3.05) is 6.61 Å². The summed E-state index contributed by atoms with van der Waals surface area (Å²) in [5.41, 5.74) is 4.30. The van der Waals surface area contributed by atoms with Crippen molar-refractivity contribution in [3.63, 3.8) is 0 Å². The number of hydrogen-bond donors (Lipinski definition) is 1. The number of fused-ring (bicyclic) bond motifs is 1. The zero-order valence-electron chi connectivity index (χ0n) is 12.4. The summed E-state index contributed by atoms with van der Waals surface area (Å²) in [6.45, 7) is 4.68. The first-order valence-electron chi connectivity index (χ1n) is 7.28. The Hall–Kier alpha value is -2.36. The molecule has 1 N–H and O–H groups in total. The van der Waals surface area contributed by atoms with Gasteiger partial charge in [-0.3, -0.25) is 0 Å². The number of imidazole rings is 1. The van der Waals surface area contributed by atoms with Crippen molar-refractivity contribution in [1.82, 2.24) is 15.0 Å². The van der Waals surface area contributed by atoms with Gasteiger partial charge in [0.15, 0.2) is 5.65 Å². The van der Waals surface area contributed by atoms with Crippen LogP contribution in [0.4, 0.5) is 0 Å². The predicted octanol–water partition coefficient (Wildman–Crippen LogP) is 3.45. The lowest BCUT2D eigenvalue weighted by atomic mass is 10.1. The number of nitrogens with zero attached hydrogens (tertiary/aromatic N) is 2. The van der Waals surface area contributed by atoms with Crippen LogP contribution in [0.25, 0.3) is 11.2 Å². The molecule has 3 aromatic rings. The van der Waals surface area contributed by atoms with Crippen molar-refractivity contribution in [2.45, 2.75) is 26.7 Å². The Kier molecular flexibility index (Phi) is 3.86. The van der Waals surface area contributed by atoms with Crippen LogP contribution in [0.1, 0.15) is 23.9 Å². The highest BCUT2D eigenvalue weighted by atomic mass is 16.5. The molecular formula is C17H19N3O. The molecule has 21 heavy (non-hydrogen) atoms. The predicted molar refractivity (Wildman–Crippen MR) is 83.6 cm³/mol. The van der Waals surface area contributed by atoms with Gasteiger partial charge < -0.3 is 9.72 Å². The molecule has 0 amide bonds. The van der Waals surface area contributed by atoms with Crippen molar-refractivity contribution in [3.8, 4) is 5.88 Å². The van der Waals surface area contributed by atoms with Gasteiger partial charge in [-0.15, -0.1) is 0 Å². The van der Waals surface area contributed by atoms with Gasteiger partial charge in [0, 0.05) is 12.5 Å². The van der Waals surface area contributed by atoms with E-state index in [0.29, 0.717) is 12.5 Å². The average molecular weight is 281 g/mol. The lowest BCUT2D eigenvalue weighted by Crippen LogP contribution is -1.94. The van der Waals surface area contributed by atoms with Gasteiger partial charge in [-0.05, 0) is 31.9 Å². The molecule has 1 aromatic carbocycles.